The van der Waals surface area contributed by atoms with Crippen molar-refractivity contribution >= 4 is 18.3 Å². The van der Waals surface area contributed by atoms with Gasteiger partial charge < -0.3 is 4.84 Å². The molecule has 0 radical (unpaired) electrons. The predicted octanol–water partition coefficient (Wildman–Crippen LogP) is -0.777. The van der Waals surface area contributed by atoms with E-state index in [4.69, 9.17) is 1.37 Å². The van der Waals surface area contributed by atoms with Crippen LogP contribution in [0.1, 0.15) is 14.2 Å². The van der Waals surface area contributed by atoms with E-state index in [9.17, 15) is 14.4 Å². The fraction of sp³-hybridized carbons (Fsp3) is 0.400. The smallest absolute Gasteiger partial charge is 0.321 e. The summed E-state index contributed by atoms with van der Waals surface area (Å²) >= 11 is 0. The molecule has 1 heterocycles. The lowest BCUT2D eigenvalue weighted by molar-refractivity contribution is -0.188. The zero-order valence-electron chi connectivity index (χ0n) is 5.99. The Balaban J connectivity index is 2.62. The number of nitrogens with zero attached hydrogens (tertiary/aromatic N) is 1. The molecular formula is C5H5NO4. The molecular weight excluding hydrogens is 138 g/mol. The molecule has 0 aromatic carbocycles. The topological polar surface area (TPSA) is 63.7 Å². The van der Waals surface area contributed by atoms with Crippen molar-refractivity contribution in [2.45, 2.75) is 12.8 Å². The molecule has 0 bridgehead atoms. The number of carbonyl (C=O) groups excluding carboxylic acids is 3. The molecule has 0 spiro atoms. The maximum Gasteiger partial charge on any atom is 0.321 e. The number of imide groups is 1. The van der Waals surface area contributed by atoms with Crippen molar-refractivity contribution in [3.63, 3.8) is 0 Å². The Bertz CT molecular complexity index is 211. The van der Waals surface area contributed by atoms with Crippen LogP contribution >= 0.6 is 0 Å². The van der Waals surface area contributed by atoms with Crippen LogP contribution in [0.3, 0.4) is 0 Å². The summed E-state index contributed by atoms with van der Waals surface area (Å²) in [5, 5.41) is 0.329. The molecule has 1 aliphatic rings. The van der Waals surface area contributed by atoms with Crippen LogP contribution in [-0.4, -0.2) is 23.3 Å². The van der Waals surface area contributed by atoms with Gasteiger partial charge in [0.2, 0.25) is 0 Å². The van der Waals surface area contributed by atoms with E-state index in [1.165, 1.54) is 0 Å². The molecule has 1 rings (SSSR count). The highest BCUT2D eigenvalue weighted by atomic mass is 16.7. The third-order valence-electron chi connectivity index (χ3n) is 1.13. The molecule has 5 nitrogen and oxygen atoms in total. The van der Waals surface area contributed by atoms with E-state index in [1.54, 1.807) is 0 Å². The molecule has 0 unspecified atom stereocenters. The van der Waals surface area contributed by atoms with Gasteiger partial charge in [-0.05, 0) is 0 Å². The van der Waals surface area contributed by atoms with Crippen molar-refractivity contribution in [3.05, 3.63) is 0 Å². The predicted molar refractivity (Wildman–Crippen MR) is 28.2 cm³/mol. The summed E-state index contributed by atoms with van der Waals surface area (Å²) < 4.78 is 6.32. The quantitative estimate of drug-likeness (QED) is 0.358. The summed E-state index contributed by atoms with van der Waals surface area (Å²) in [5.41, 5.74) is 0. The minimum Gasteiger partial charge on any atom is -0.334 e. The van der Waals surface area contributed by atoms with Gasteiger partial charge in [-0.25, -0.2) is 0 Å². The van der Waals surface area contributed by atoms with Gasteiger partial charge in [0.25, 0.3) is 11.8 Å². The molecule has 1 aliphatic heterocycles. The number of hydrogen-bond donors (Lipinski definition) is 0. The zero-order chi connectivity index (χ0) is 8.43. The van der Waals surface area contributed by atoms with Crippen LogP contribution in [0, 0.1) is 0 Å². The lowest BCUT2D eigenvalue weighted by Gasteiger charge is -2.06. The van der Waals surface area contributed by atoms with Crippen LogP contribution in [0.4, 0.5) is 0 Å². The van der Waals surface area contributed by atoms with E-state index in [0.29, 0.717) is 5.06 Å². The number of hydroxylamine groups is 2. The highest BCUT2D eigenvalue weighted by Crippen LogP contribution is 2.10. The molecule has 0 aromatic rings. The fourth-order valence-electron chi connectivity index (χ4n) is 0.695. The Kier molecular flexibility index (Phi) is 1.33. The van der Waals surface area contributed by atoms with E-state index in [0.717, 1.165) is 0 Å². The van der Waals surface area contributed by atoms with Crippen molar-refractivity contribution in [3.8, 4) is 0 Å². The van der Waals surface area contributed by atoms with Gasteiger partial charge in [-0.3, -0.25) is 14.4 Å². The lowest BCUT2D eigenvalue weighted by atomic mass is 10.4. The van der Waals surface area contributed by atoms with Gasteiger partial charge in [-0.15, -0.1) is 5.06 Å². The average Bonchev–Trinajstić information content (AvgIpc) is 2.18. The average molecular weight is 144 g/mol. The van der Waals surface area contributed by atoms with Crippen LogP contribution in [0.25, 0.3) is 0 Å². The molecule has 1 saturated heterocycles. The molecule has 0 saturated carbocycles. The van der Waals surface area contributed by atoms with Gasteiger partial charge in [-0.1, -0.05) is 0 Å². The fourth-order valence-corrected chi connectivity index (χ4v) is 0.695. The Hall–Kier alpha value is -1.39. The molecule has 5 heteroatoms. The highest BCUT2D eigenvalue weighted by Gasteiger charge is 2.30. The van der Waals surface area contributed by atoms with E-state index in [-0.39, 0.29) is 12.8 Å². The van der Waals surface area contributed by atoms with Crippen LogP contribution < -0.4 is 0 Å². The van der Waals surface area contributed by atoms with Crippen molar-refractivity contribution in [2.24, 2.45) is 0 Å². The monoisotopic (exact) mass is 144 g/mol. The van der Waals surface area contributed by atoms with Crippen LogP contribution in [0.2, 0.25) is 0 Å². The van der Waals surface area contributed by atoms with Crippen molar-refractivity contribution in [1.82, 2.24) is 5.06 Å². The molecule has 10 heavy (non-hydrogen) atoms. The van der Waals surface area contributed by atoms with Crippen molar-refractivity contribution in [2.75, 3.05) is 0 Å². The minimum absolute atomic E-state index is 0.0477. The Morgan fingerprint density at radius 3 is 2.40 bits per heavy atom. The number of rotatable bonds is 1. The second-order valence-electron chi connectivity index (χ2n) is 1.76. The van der Waals surface area contributed by atoms with Crippen LogP contribution in [0.15, 0.2) is 0 Å². The van der Waals surface area contributed by atoms with Crippen molar-refractivity contribution < 1.29 is 20.6 Å². The number of carbonyl (C=O) groups is 3. The normalized spacial score (nSPS) is 19.2. The summed E-state index contributed by atoms with van der Waals surface area (Å²) in [6.45, 7) is 0. The van der Waals surface area contributed by atoms with Crippen molar-refractivity contribution in [1.29, 1.82) is 0 Å². The van der Waals surface area contributed by atoms with E-state index in [1.807, 2.05) is 0 Å². The lowest BCUT2D eigenvalue weighted by Crippen LogP contribution is -2.28. The first-order valence-corrected chi connectivity index (χ1v) is 2.65. The van der Waals surface area contributed by atoms with Gasteiger partial charge in [0, 0.05) is 12.8 Å². The summed E-state index contributed by atoms with van der Waals surface area (Å²) in [7, 11) is 0. The summed E-state index contributed by atoms with van der Waals surface area (Å²) in [4.78, 5) is 35.3. The number of hydrogen-bond acceptors (Lipinski definition) is 4. The van der Waals surface area contributed by atoms with E-state index in [2.05, 4.69) is 4.84 Å². The summed E-state index contributed by atoms with van der Waals surface area (Å²) in [6.07, 6.45) is -1.31. The zero-order valence-corrected chi connectivity index (χ0v) is 4.99. The van der Waals surface area contributed by atoms with Crippen LogP contribution in [-0.2, 0) is 19.2 Å². The third-order valence-corrected chi connectivity index (χ3v) is 1.13. The highest BCUT2D eigenvalue weighted by molar-refractivity contribution is 6.01. The van der Waals surface area contributed by atoms with Gasteiger partial charge in [0.05, 0.1) is 0 Å². The summed E-state index contributed by atoms with van der Waals surface area (Å²) in [6, 6.07) is 0. The molecule has 0 N–H and O–H groups in total. The van der Waals surface area contributed by atoms with Crippen LogP contribution in [0.5, 0.6) is 0 Å². The molecule has 1 fully saturated rings. The largest absolute Gasteiger partial charge is 0.334 e. The Labute approximate surface area is 57.9 Å². The first kappa shape index (κ1) is 5.40. The molecule has 54 valence electrons. The minimum atomic E-state index is -1.41. The second-order valence-corrected chi connectivity index (χ2v) is 1.76. The first-order chi connectivity index (χ1) is 5.11. The van der Waals surface area contributed by atoms with Gasteiger partial charge in [0.1, 0.15) is 0 Å². The van der Waals surface area contributed by atoms with Gasteiger partial charge in [0.15, 0.2) is 1.37 Å². The van der Waals surface area contributed by atoms with Gasteiger partial charge in [-0.2, -0.15) is 0 Å². The molecule has 2 amide bonds. The summed E-state index contributed by atoms with van der Waals surface area (Å²) in [5.74, 6) is -1.15. The van der Waals surface area contributed by atoms with E-state index >= 15 is 0 Å². The first-order valence-electron chi connectivity index (χ1n) is 3.15. The third kappa shape index (κ3) is 0.975. The SMILES string of the molecule is [2H]C(=O)ON1C(=O)CCC1=O. The number of amides is 2. The molecule has 0 aliphatic carbocycles. The van der Waals surface area contributed by atoms with Gasteiger partial charge >= 0.3 is 6.45 Å². The maximum absolute atomic E-state index is 10.7. The maximum atomic E-state index is 10.7. The Morgan fingerprint density at radius 1 is 1.50 bits per heavy atom. The molecule has 0 atom stereocenters. The Morgan fingerprint density at radius 2 is 2.00 bits per heavy atom. The molecule has 0 aromatic heterocycles. The van der Waals surface area contributed by atoms with E-state index < -0.39 is 18.3 Å². The standard InChI is InChI=1S/C5H5NO4/c7-3-10-6-4(8)1-2-5(6)9/h3H,1-2H2/i3D. The second kappa shape index (κ2) is 2.47.